The maximum atomic E-state index is 8.53. The third-order valence-corrected chi connectivity index (χ3v) is 2.90. The molecule has 2 aromatic carbocycles. The minimum atomic E-state index is 0.586. The molecule has 2 nitrogen and oxygen atoms in total. The van der Waals surface area contributed by atoms with Crippen LogP contribution in [0.15, 0.2) is 54.6 Å². The van der Waals surface area contributed by atoms with Crippen molar-refractivity contribution in [3.8, 4) is 11.8 Å². The molecule has 0 amide bonds. The van der Waals surface area contributed by atoms with E-state index in [1.165, 1.54) is 5.56 Å². The molecular weight excluding hydrogens is 234 g/mol. The van der Waals surface area contributed by atoms with Gasteiger partial charge in [0.1, 0.15) is 12.4 Å². The van der Waals surface area contributed by atoms with Gasteiger partial charge in [0.15, 0.2) is 0 Å². The van der Waals surface area contributed by atoms with Crippen molar-refractivity contribution in [2.24, 2.45) is 0 Å². The summed E-state index contributed by atoms with van der Waals surface area (Å²) in [4.78, 5) is 0. The van der Waals surface area contributed by atoms with E-state index >= 15 is 0 Å². The minimum Gasteiger partial charge on any atom is -0.489 e. The number of nitrogens with zero attached hydrogens (tertiary/aromatic N) is 1. The first-order valence-corrected chi connectivity index (χ1v) is 6.51. The van der Waals surface area contributed by atoms with Gasteiger partial charge in [-0.05, 0) is 36.1 Å². The Labute approximate surface area is 114 Å². The average Bonchev–Trinajstić information content (AvgIpc) is 2.47. The lowest BCUT2D eigenvalue weighted by Crippen LogP contribution is -1.95. The van der Waals surface area contributed by atoms with E-state index in [0.717, 1.165) is 24.2 Å². The molecule has 2 heteroatoms. The standard InChI is InChI=1S/C17H17NO/c18-12-5-4-7-15-10-6-11-17(13-15)19-14-16-8-2-1-3-9-16/h1-3,6,8-11,13H,4-5,7,14H2. The number of hydrogen-bond donors (Lipinski definition) is 0. The second-order valence-corrected chi connectivity index (χ2v) is 4.43. The molecule has 2 rings (SSSR count). The van der Waals surface area contributed by atoms with Gasteiger partial charge in [-0.25, -0.2) is 0 Å². The van der Waals surface area contributed by atoms with Crippen LogP contribution in [0.5, 0.6) is 5.75 Å². The van der Waals surface area contributed by atoms with Crippen molar-refractivity contribution in [3.05, 3.63) is 65.7 Å². The third-order valence-electron chi connectivity index (χ3n) is 2.90. The molecule has 0 spiro atoms. The smallest absolute Gasteiger partial charge is 0.120 e. The Bertz CT molecular complexity index is 543. The van der Waals surface area contributed by atoms with Gasteiger partial charge >= 0.3 is 0 Å². The molecule has 0 bridgehead atoms. The molecule has 19 heavy (non-hydrogen) atoms. The van der Waals surface area contributed by atoms with Crippen LogP contribution in [-0.4, -0.2) is 0 Å². The third kappa shape index (κ3) is 4.48. The largest absolute Gasteiger partial charge is 0.489 e. The first kappa shape index (κ1) is 13.2. The van der Waals surface area contributed by atoms with Gasteiger partial charge in [-0.1, -0.05) is 42.5 Å². The topological polar surface area (TPSA) is 33.0 Å². The van der Waals surface area contributed by atoms with E-state index in [9.17, 15) is 0 Å². The van der Waals surface area contributed by atoms with E-state index < -0.39 is 0 Å². The monoisotopic (exact) mass is 251 g/mol. The number of aryl methyl sites for hydroxylation is 1. The number of rotatable bonds is 6. The van der Waals surface area contributed by atoms with Crippen molar-refractivity contribution in [2.45, 2.75) is 25.9 Å². The molecule has 0 saturated carbocycles. The lowest BCUT2D eigenvalue weighted by molar-refractivity contribution is 0.306. The summed E-state index contributed by atoms with van der Waals surface area (Å²) < 4.78 is 5.77. The van der Waals surface area contributed by atoms with Crippen LogP contribution >= 0.6 is 0 Å². The SMILES string of the molecule is N#CCCCc1cccc(OCc2ccccc2)c1. The van der Waals surface area contributed by atoms with Gasteiger partial charge < -0.3 is 4.74 Å². The van der Waals surface area contributed by atoms with Crippen LogP contribution in [0.1, 0.15) is 24.0 Å². The van der Waals surface area contributed by atoms with E-state index in [4.69, 9.17) is 10.00 Å². The first-order chi connectivity index (χ1) is 9.38. The van der Waals surface area contributed by atoms with E-state index in [0.29, 0.717) is 13.0 Å². The Kier molecular flexibility index (Phi) is 5.01. The highest BCUT2D eigenvalue weighted by molar-refractivity contribution is 5.29. The van der Waals surface area contributed by atoms with Crippen molar-refractivity contribution in [3.63, 3.8) is 0 Å². The number of unbranched alkanes of at least 4 members (excludes halogenated alkanes) is 1. The molecule has 0 heterocycles. The highest BCUT2D eigenvalue weighted by Crippen LogP contribution is 2.16. The van der Waals surface area contributed by atoms with Crippen LogP contribution in [0.4, 0.5) is 0 Å². The van der Waals surface area contributed by atoms with Crippen LogP contribution in [0.2, 0.25) is 0 Å². The van der Waals surface area contributed by atoms with E-state index in [-0.39, 0.29) is 0 Å². The summed E-state index contributed by atoms with van der Waals surface area (Å²) in [7, 11) is 0. The maximum absolute atomic E-state index is 8.53. The summed E-state index contributed by atoms with van der Waals surface area (Å²) in [5, 5.41) is 8.53. The van der Waals surface area contributed by atoms with Gasteiger partial charge in [-0.15, -0.1) is 0 Å². The Balaban J connectivity index is 1.90. The van der Waals surface area contributed by atoms with Crippen molar-refractivity contribution in [1.82, 2.24) is 0 Å². The Morgan fingerprint density at radius 1 is 0.947 bits per heavy atom. The molecule has 0 aliphatic rings. The molecule has 0 unspecified atom stereocenters. The van der Waals surface area contributed by atoms with Crippen molar-refractivity contribution in [1.29, 1.82) is 5.26 Å². The summed E-state index contributed by atoms with van der Waals surface area (Å²) >= 11 is 0. The van der Waals surface area contributed by atoms with Crippen molar-refractivity contribution in [2.75, 3.05) is 0 Å². The Morgan fingerprint density at radius 3 is 2.53 bits per heavy atom. The maximum Gasteiger partial charge on any atom is 0.120 e. The van der Waals surface area contributed by atoms with Crippen LogP contribution in [0.25, 0.3) is 0 Å². The molecule has 0 atom stereocenters. The van der Waals surface area contributed by atoms with Gasteiger partial charge in [-0.3, -0.25) is 0 Å². The molecular formula is C17H17NO. The van der Waals surface area contributed by atoms with E-state index in [2.05, 4.69) is 30.3 Å². The second-order valence-electron chi connectivity index (χ2n) is 4.43. The molecule has 0 radical (unpaired) electrons. The second kappa shape index (κ2) is 7.23. The lowest BCUT2D eigenvalue weighted by atomic mass is 10.1. The van der Waals surface area contributed by atoms with E-state index in [1.54, 1.807) is 0 Å². The summed E-state index contributed by atoms with van der Waals surface area (Å²) in [6.45, 7) is 0.586. The Morgan fingerprint density at radius 2 is 1.74 bits per heavy atom. The average molecular weight is 251 g/mol. The van der Waals surface area contributed by atoms with Crippen molar-refractivity contribution < 1.29 is 4.74 Å². The van der Waals surface area contributed by atoms with Gasteiger partial charge in [-0.2, -0.15) is 5.26 Å². The molecule has 0 aromatic heterocycles. The fourth-order valence-electron chi connectivity index (χ4n) is 1.90. The zero-order valence-corrected chi connectivity index (χ0v) is 10.9. The molecule has 0 fully saturated rings. The molecule has 0 saturated heterocycles. The first-order valence-electron chi connectivity index (χ1n) is 6.51. The van der Waals surface area contributed by atoms with Crippen LogP contribution in [0.3, 0.4) is 0 Å². The summed E-state index contributed by atoms with van der Waals surface area (Å²) in [5.74, 6) is 0.887. The number of hydrogen-bond acceptors (Lipinski definition) is 2. The molecule has 96 valence electrons. The fraction of sp³-hybridized carbons (Fsp3) is 0.235. The number of benzene rings is 2. The minimum absolute atomic E-state index is 0.586. The normalized spacial score (nSPS) is 9.84. The van der Waals surface area contributed by atoms with Gasteiger partial charge in [0.05, 0.1) is 6.07 Å². The zero-order valence-electron chi connectivity index (χ0n) is 10.9. The van der Waals surface area contributed by atoms with Crippen LogP contribution in [-0.2, 0) is 13.0 Å². The summed E-state index contributed by atoms with van der Waals surface area (Å²) in [6.07, 6.45) is 2.43. The molecule has 0 aliphatic heterocycles. The predicted molar refractivity (Wildman–Crippen MR) is 75.8 cm³/mol. The molecule has 0 aliphatic carbocycles. The van der Waals surface area contributed by atoms with Gasteiger partial charge in [0.2, 0.25) is 0 Å². The lowest BCUT2D eigenvalue weighted by Gasteiger charge is -2.08. The fourth-order valence-corrected chi connectivity index (χ4v) is 1.90. The summed E-state index contributed by atoms with van der Waals surface area (Å²) in [6, 6.07) is 20.4. The van der Waals surface area contributed by atoms with Crippen molar-refractivity contribution >= 4 is 0 Å². The van der Waals surface area contributed by atoms with Crippen LogP contribution in [0, 0.1) is 11.3 Å². The highest BCUT2D eigenvalue weighted by Gasteiger charge is 1.98. The predicted octanol–water partition coefficient (Wildman–Crippen LogP) is 4.11. The number of ether oxygens (including phenoxy) is 1. The van der Waals surface area contributed by atoms with E-state index in [1.807, 2.05) is 30.3 Å². The quantitative estimate of drug-likeness (QED) is 0.724. The van der Waals surface area contributed by atoms with Gasteiger partial charge in [0.25, 0.3) is 0 Å². The highest BCUT2D eigenvalue weighted by atomic mass is 16.5. The Hall–Kier alpha value is -2.27. The molecule has 2 aromatic rings. The zero-order chi connectivity index (χ0) is 13.3. The van der Waals surface area contributed by atoms with Gasteiger partial charge in [0, 0.05) is 6.42 Å². The van der Waals surface area contributed by atoms with Crippen LogP contribution < -0.4 is 4.74 Å². The molecule has 0 N–H and O–H groups in total. The number of nitriles is 1. The summed E-state index contributed by atoms with van der Waals surface area (Å²) in [5.41, 5.74) is 2.39.